The number of carbonyl (C=O) groups is 1. The Morgan fingerprint density at radius 2 is 1.96 bits per heavy atom. The van der Waals surface area contributed by atoms with E-state index in [1.807, 2.05) is 36.4 Å². The summed E-state index contributed by atoms with van der Waals surface area (Å²) < 4.78 is 0. The number of hydrogen-bond donors (Lipinski definition) is 2. The van der Waals surface area contributed by atoms with E-state index in [-0.39, 0.29) is 5.91 Å². The second kappa shape index (κ2) is 5.52. The van der Waals surface area contributed by atoms with Gasteiger partial charge in [0.15, 0.2) is 5.82 Å². The first-order chi connectivity index (χ1) is 11.2. The minimum Gasteiger partial charge on any atom is -0.356 e. The lowest BCUT2D eigenvalue weighted by atomic mass is 10.1. The average Bonchev–Trinajstić information content (AvgIpc) is 3.01. The summed E-state index contributed by atoms with van der Waals surface area (Å²) in [5, 5.41) is 3.52. The smallest absolute Gasteiger partial charge is 0.253 e. The summed E-state index contributed by atoms with van der Waals surface area (Å²) in [6.07, 6.45) is 2.52. The third kappa shape index (κ3) is 2.59. The summed E-state index contributed by atoms with van der Waals surface area (Å²) in [5.41, 5.74) is 4.12. The van der Waals surface area contributed by atoms with E-state index in [0.717, 1.165) is 29.1 Å². The number of halogens is 1. The normalized spacial score (nSPS) is 13.5. The van der Waals surface area contributed by atoms with Crippen LogP contribution in [0.5, 0.6) is 0 Å². The van der Waals surface area contributed by atoms with Crippen LogP contribution >= 0.6 is 11.6 Å². The van der Waals surface area contributed by atoms with Crippen LogP contribution in [0.2, 0.25) is 5.02 Å². The lowest BCUT2D eigenvalue weighted by Crippen LogP contribution is -2.31. The van der Waals surface area contributed by atoms with Gasteiger partial charge in [0.05, 0.1) is 17.0 Å². The van der Waals surface area contributed by atoms with E-state index in [2.05, 4.69) is 20.3 Å². The van der Waals surface area contributed by atoms with Gasteiger partial charge in [-0.1, -0.05) is 11.6 Å². The SMILES string of the molecule is O=C1NCCc2[nH]c(-c3ccnc(-c4ccc(Cl)cc4)n3)cc21. The van der Waals surface area contributed by atoms with Gasteiger partial charge in [0.2, 0.25) is 0 Å². The van der Waals surface area contributed by atoms with Crippen molar-refractivity contribution in [3.05, 3.63) is 58.9 Å². The Balaban J connectivity index is 1.74. The summed E-state index contributed by atoms with van der Waals surface area (Å²) in [7, 11) is 0. The Morgan fingerprint density at radius 3 is 2.74 bits per heavy atom. The molecule has 0 spiro atoms. The molecule has 0 bridgehead atoms. The van der Waals surface area contributed by atoms with Crippen molar-refractivity contribution in [2.75, 3.05) is 6.54 Å². The number of fused-ring (bicyclic) bond motifs is 1. The van der Waals surface area contributed by atoms with Crippen LogP contribution in [0, 0.1) is 0 Å². The molecule has 3 heterocycles. The van der Waals surface area contributed by atoms with E-state index in [0.29, 0.717) is 23.0 Å². The van der Waals surface area contributed by atoms with Crippen LogP contribution in [0.1, 0.15) is 16.1 Å². The molecule has 2 aromatic heterocycles. The standard InChI is InChI=1S/C17H13ClN4O/c18-11-3-1-10(2-4-11)16-19-7-6-14(22-16)15-9-12-13(21-15)5-8-20-17(12)23/h1-4,6-7,9,21H,5,8H2,(H,20,23). The molecule has 3 aromatic rings. The van der Waals surface area contributed by atoms with E-state index in [1.54, 1.807) is 6.20 Å². The number of H-pyrrole nitrogens is 1. The van der Waals surface area contributed by atoms with Crippen molar-refractivity contribution < 1.29 is 4.79 Å². The molecule has 0 saturated carbocycles. The molecule has 1 aromatic carbocycles. The largest absolute Gasteiger partial charge is 0.356 e. The van der Waals surface area contributed by atoms with Crippen LogP contribution in [0.4, 0.5) is 0 Å². The molecule has 1 aliphatic rings. The minimum absolute atomic E-state index is 0.0410. The van der Waals surface area contributed by atoms with Gasteiger partial charge in [-0.3, -0.25) is 4.79 Å². The van der Waals surface area contributed by atoms with E-state index < -0.39 is 0 Å². The molecule has 0 unspecified atom stereocenters. The highest BCUT2D eigenvalue weighted by atomic mass is 35.5. The van der Waals surface area contributed by atoms with E-state index in [9.17, 15) is 4.79 Å². The van der Waals surface area contributed by atoms with Gasteiger partial charge in [-0.2, -0.15) is 0 Å². The van der Waals surface area contributed by atoms with Gasteiger partial charge in [-0.15, -0.1) is 0 Å². The van der Waals surface area contributed by atoms with Crippen molar-refractivity contribution in [1.82, 2.24) is 20.3 Å². The van der Waals surface area contributed by atoms with Gasteiger partial charge in [0.25, 0.3) is 5.91 Å². The average molecular weight is 325 g/mol. The molecular formula is C17H13ClN4O. The first kappa shape index (κ1) is 14.0. The minimum atomic E-state index is -0.0410. The fourth-order valence-corrected chi connectivity index (χ4v) is 2.80. The molecule has 0 atom stereocenters. The first-order valence-electron chi connectivity index (χ1n) is 7.30. The Labute approximate surface area is 137 Å². The first-order valence-corrected chi connectivity index (χ1v) is 7.68. The Kier molecular flexibility index (Phi) is 3.35. The second-order valence-corrected chi connectivity index (χ2v) is 5.79. The number of rotatable bonds is 2. The van der Waals surface area contributed by atoms with Gasteiger partial charge in [0.1, 0.15) is 0 Å². The molecule has 23 heavy (non-hydrogen) atoms. The summed E-state index contributed by atoms with van der Waals surface area (Å²) in [6, 6.07) is 11.1. The Morgan fingerprint density at radius 1 is 1.13 bits per heavy atom. The van der Waals surface area contributed by atoms with Crippen molar-refractivity contribution in [1.29, 1.82) is 0 Å². The fourth-order valence-electron chi connectivity index (χ4n) is 2.68. The fraction of sp³-hybridized carbons (Fsp3) is 0.118. The van der Waals surface area contributed by atoms with E-state index in [1.165, 1.54) is 0 Å². The molecule has 114 valence electrons. The van der Waals surface area contributed by atoms with Crippen LogP contribution in [0.15, 0.2) is 42.6 Å². The van der Waals surface area contributed by atoms with Crippen molar-refractivity contribution in [3.8, 4) is 22.8 Å². The van der Waals surface area contributed by atoms with E-state index >= 15 is 0 Å². The van der Waals surface area contributed by atoms with Gasteiger partial charge in [0, 0.05) is 35.4 Å². The maximum absolute atomic E-state index is 11.9. The Bertz CT molecular complexity index is 886. The molecule has 5 nitrogen and oxygen atoms in total. The molecule has 0 aliphatic carbocycles. The van der Waals surface area contributed by atoms with Crippen LogP contribution in [0.3, 0.4) is 0 Å². The number of aromatic amines is 1. The lowest BCUT2D eigenvalue weighted by molar-refractivity contribution is 0.0946. The number of aromatic nitrogens is 3. The van der Waals surface area contributed by atoms with Gasteiger partial charge < -0.3 is 10.3 Å². The highest BCUT2D eigenvalue weighted by Crippen LogP contribution is 2.24. The number of nitrogens with one attached hydrogen (secondary N) is 2. The maximum atomic E-state index is 11.9. The van der Waals surface area contributed by atoms with Crippen LogP contribution in [-0.2, 0) is 6.42 Å². The molecule has 0 saturated heterocycles. The summed E-state index contributed by atoms with van der Waals surface area (Å²) in [6.45, 7) is 0.658. The van der Waals surface area contributed by atoms with E-state index in [4.69, 9.17) is 11.6 Å². The van der Waals surface area contributed by atoms with Gasteiger partial charge >= 0.3 is 0 Å². The van der Waals surface area contributed by atoms with Gasteiger partial charge in [-0.25, -0.2) is 9.97 Å². The van der Waals surface area contributed by atoms with Gasteiger partial charge in [-0.05, 0) is 36.4 Å². The molecule has 1 amide bonds. The zero-order valence-corrected chi connectivity index (χ0v) is 12.9. The molecule has 1 aliphatic heterocycles. The molecule has 0 fully saturated rings. The summed E-state index contributed by atoms with van der Waals surface area (Å²) >= 11 is 5.91. The number of amides is 1. The van der Waals surface area contributed by atoms with Crippen LogP contribution in [0.25, 0.3) is 22.8 Å². The second-order valence-electron chi connectivity index (χ2n) is 5.35. The topological polar surface area (TPSA) is 70.7 Å². The number of benzene rings is 1. The van der Waals surface area contributed by atoms with Crippen LogP contribution < -0.4 is 5.32 Å². The monoisotopic (exact) mass is 324 g/mol. The maximum Gasteiger partial charge on any atom is 0.253 e. The third-order valence-corrected chi connectivity index (χ3v) is 4.09. The van der Waals surface area contributed by atoms with Crippen LogP contribution in [-0.4, -0.2) is 27.4 Å². The molecule has 4 rings (SSSR count). The lowest BCUT2D eigenvalue weighted by Gasteiger charge is -2.10. The predicted octanol–water partition coefficient (Wildman–Crippen LogP) is 3.08. The zero-order chi connectivity index (χ0) is 15.8. The third-order valence-electron chi connectivity index (χ3n) is 3.84. The van der Waals surface area contributed by atoms with Crippen molar-refractivity contribution in [2.24, 2.45) is 0 Å². The number of nitrogens with zero attached hydrogens (tertiary/aromatic N) is 2. The number of hydrogen-bond acceptors (Lipinski definition) is 3. The molecule has 0 radical (unpaired) electrons. The summed E-state index contributed by atoms with van der Waals surface area (Å²) in [4.78, 5) is 24.1. The van der Waals surface area contributed by atoms with Crippen molar-refractivity contribution >= 4 is 17.5 Å². The molecule has 2 N–H and O–H groups in total. The van der Waals surface area contributed by atoms with Crippen molar-refractivity contribution in [2.45, 2.75) is 6.42 Å². The highest BCUT2D eigenvalue weighted by Gasteiger charge is 2.20. The molecule has 6 heteroatoms. The molecular weight excluding hydrogens is 312 g/mol. The number of carbonyl (C=O) groups excluding carboxylic acids is 1. The summed E-state index contributed by atoms with van der Waals surface area (Å²) in [5.74, 6) is 0.580. The Hall–Kier alpha value is -2.66. The highest BCUT2D eigenvalue weighted by molar-refractivity contribution is 6.30. The van der Waals surface area contributed by atoms with Crippen molar-refractivity contribution in [3.63, 3.8) is 0 Å². The quantitative estimate of drug-likeness (QED) is 0.761. The predicted molar refractivity (Wildman–Crippen MR) is 88.3 cm³/mol. The zero-order valence-electron chi connectivity index (χ0n) is 12.1.